The van der Waals surface area contributed by atoms with E-state index < -0.39 is 36.4 Å². The van der Waals surface area contributed by atoms with Crippen LogP contribution in [-0.4, -0.2) is 102 Å². The van der Waals surface area contributed by atoms with Crippen molar-refractivity contribution in [2.75, 3.05) is 30.3 Å². The van der Waals surface area contributed by atoms with Gasteiger partial charge in [-0.2, -0.15) is 44.5 Å². The third kappa shape index (κ3) is 16.4. The number of aliphatic carboxylic acids is 3. The van der Waals surface area contributed by atoms with Gasteiger partial charge in [0.2, 0.25) is 5.95 Å². The molecule has 26 heteroatoms. The summed E-state index contributed by atoms with van der Waals surface area (Å²) in [6.07, 6.45) is -4.09. The van der Waals surface area contributed by atoms with Gasteiger partial charge in [0.1, 0.15) is 15.9 Å². The van der Waals surface area contributed by atoms with E-state index in [1.165, 1.54) is 0 Å². The molecule has 5 heterocycles. The van der Waals surface area contributed by atoms with E-state index in [4.69, 9.17) is 57.6 Å². The second-order valence-corrected chi connectivity index (χ2v) is 13.4. The second kappa shape index (κ2) is 22.1. The van der Waals surface area contributed by atoms with Crippen LogP contribution in [0.3, 0.4) is 0 Å². The largest absolute Gasteiger partial charge is 0.493 e. The van der Waals surface area contributed by atoms with Crippen molar-refractivity contribution in [1.29, 1.82) is 0 Å². The molecule has 4 aromatic rings. The number of fused-ring (bicyclic) bond motifs is 6. The topological polar surface area (TPSA) is 217 Å². The number of carbonyl (C=O) groups excluding carboxylic acids is 1. The van der Waals surface area contributed by atoms with Gasteiger partial charge in [-0.15, -0.1) is 0 Å². The molecule has 2 aliphatic heterocycles. The number of carboxylic acid groups (broad SMARTS) is 3. The Morgan fingerprint density at radius 3 is 1.94 bits per heavy atom. The molecular weight excluding hydrogens is 900 g/mol. The average molecular weight is 933 g/mol. The van der Waals surface area contributed by atoms with Gasteiger partial charge in [-0.1, -0.05) is 23.2 Å². The fourth-order valence-electron chi connectivity index (χ4n) is 5.22. The van der Waals surface area contributed by atoms with Gasteiger partial charge < -0.3 is 35.6 Å². The minimum absolute atomic E-state index is 0.0532. The molecule has 6 bridgehead atoms. The lowest BCUT2D eigenvalue weighted by Crippen LogP contribution is -2.39. The summed E-state index contributed by atoms with van der Waals surface area (Å²) >= 11 is 12.5. The van der Waals surface area contributed by atoms with Crippen molar-refractivity contribution in [1.82, 2.24) is 24.8 Å². The molecule has 0 saturated carbocycles. The van der Waals surface area contributed by atoms with Crippen LogP contribution in [0.25, 0.3) is 0 Å². The van der Waals surface area contributed by atoms with Gasteiger partial charge in [0.25, 0.3) is 5.91 Å². The van der Waals surface area contributed by atoms with Crippen LogP contribution in [0.4, 0.5) is 62.7 Å². The highest BCUT2D eigenvalue weighted by Crippen LogP contribution is 2.31. The number of ether oxygens (including phenoxy) is 1. The second-order valence-electron chi connectivity index (χ2n) is 12.7. The van der Waals surface area contributed by atoms with Gasteiger partial charge in [-0.3, -0.25) is 9.78 Å². The number of aromatic nitrogens is 4. The lowest BCUT2D eigenvalue weighted by Gasteiger charge is -2.32. The molecule has 0 atom stereocenters. The summed E-state index contributed by atoms with van der Waals surface area (Å²) in [6.45, 7) is 2.01. The van der Waals surface area contributed by atoms with E-state index >= 15 is 0 Å². The van der Waals surface area contributed by atoms with Gasteiger partial charge in [-0.05, 0) is 85.5 Å². The molecule has 1 saturated heterocycles. The predicted octanol–water partition coefficient (Wildman–Crippen LogP) is 8.38. The number of nitrogens with zero attached hydrogens (tertiary/aromatic N) is 5. The fourth-order valence-corrected chi connectivity index (χ4v) is 5.56. The minimum Gasteiger partial charge on any atom is -0.493 e. The molecule has 1 amide bonds. The number of amides is 1. The van der Waals surface area contributed by atoms with Crippen LogP contribution in [0.5, 0.6) is 5.75 Å². The van der Waals surface area contributed by atoms with Crippen LogP contribution in [0.15, 0.2) is 61.2 Å². The van der Waals surface area contributed by atoms with Crippen LogP contribution in [0, 0.1) is 5.92 Å². The highest BCUT2D eigenvalue weighted by molar-refractivity contribution is 6.33. The Labute approximate surface area is 353 Å². The number of hydrogen-bond acceptors (Lipinski definition) is 11. The number of rotatable bonds is 5. The number of nitrogens with one attached hydrogen (secondary N) is 2. The number of pyridine rings is 2. The van der Waals surface area contributed by atoms with Crippen molar-refractivity contribution in [3.05, 3.63) is 88.1 Å². The summed E-state index contributed by atoms with van der Waals surface area (Å²) in [7, 11) is 0. The summed E-state index contributed by atoms with van der Waals surface area (Å²) in [6, 6.07) is 11.6. The minimum atomic E-state index is -5.08. The molecule has 6 rings (SSSR count). The van der Waals surface area contributed by atoms with Crippen LogP contribution in [-0.2, 0) is 27.2 Å². The van der Waals surface area contributed by atoms with Gasteiger partial charge in [0.05, 0.1) is 30.3 Å². The Hall–Kier alpha value is -6.17. The number of piperidine rings is 1. The highest BCUT2D eigenvalue weighted by atomic mass is 35.5. The molecule has 3 aromatic heterocycles. The third-order valence-electron chi connectivity index (χ3n) is 8.20. The number of benzene rings is 1. The average Bonchev–Trinajstić information content (AvgIpc) is 3.19. The molecule has 15 nitrogen and oxygen atoms in total. The Morgan fingerprint density at radius 1 is 0.774 bits per heavy atom. The maximum absolute atomic E-state index is 12.9. The van der Waals surface area contributed by atoms with Crippen molar-refractivity contribution < 1.29 is 78.7 Å². The van der Waals surface area contributed by atoms with E-state index in [0.717, 1.165) is 60.4 Å². The number of carbonyl (C=O) groups is 4. The van der Waals surface area contributed by atoms with Crippen LogP contribution < -0.4 is 15.4 Å². The zero-order chi connectivity index (χ0) is 46.4. The third-order valence-corrected chi connectivity index (χ3v) is 8.78. The lowest BCUT2D eigenvalue weighted by atomic mass is 9.93. The quantitative estimate of drug-likeness (QED) is 0.0939. The molecule has 1 fully saturated rings. The molecule has 5 N–H and O–H groups in total. The van der Waals surface area contributed by atoms with Crippen LogP contribution in [0.1, 0.15) is 40.7 Å². The lowest BCUT2D eigenvalue weighted by molar-refractivity contribution is -0.193. The molecule has 336 valence electrons. The maximum atomic E-state index is 12.9. The number of likely N-dealkylation sites (tertiary alicyclic amines) is 1. The summed E-state index contributed by atoms with van der Waals surface area (Å²) in [4.78, 5) is 58.7. The summed E-state index contributed by atoms with van der Waals surface area (Å²) in [5, 5.41) is 28.6. The summed E-state index contributed by atoms with van der Waals surface area (Å²) in [5.41, 5.74) is 4.33. The number of aryl methyl sites for hydroxylation is 2. The van der Waals surface area contributed by atoms with Crippen LogP contribution >= 0.6 is 23.2 Å². The fraction of sp³-hybridized carbons (Fsp3) is 0.333. The normalized spacial score (nSPS) is 13.8. The molecule has 1 aromatic carbocycles. The van der Waals surface area contributed by atoms with E-state index in [1.54, 1.807) is 30.7 Å². The Morgan fingerprint density at radius 2 is 1.37 bits per heavy atom. The standard InChI is InChI=1S/C30H29Cl2N7O2.3C2HF3O2/c31-25-18-35-30-37-23-14-20(16-33-17-23)3-4-21-15-22(36-28(25)38-30)5-6-26(21)41-13-9-19-7-11-39(12-8-19)29(40)24-2-1-10-34-27(24)32;3*3-2(4,5)1(6)7/h1-2,5-6,10,14-19H,3-4,7-9,11-13H2,(H2,35,36,37,38);3*(H,6,7). The Balaban J connectivity index is 0.000000403. The first-order valence-corrected chi connectivity index (χ1v) is 18.2. The van der Waals surface area contributed by atoms with Crippen molar-refractivity contribution in [2.24, 2.45) is 5.92 Å². The molecule has 2 aliphatic rings. The van der Waals surface area contributed by atoms with Crippen molar-refractivity contribution in [2.45, 2.75) is 50.6 Å². The van der Waals surface area contributed by atoms with E-state index in [1.807, 2.05) is 23.2 Å². The number of halogens is 11. The Kier molecular flexibility index (Phi) is 17.9. The number of anilines is 4. The molecule has 0 spiro atoms. The van der Waals surface area contributed by atoms with E-state index in [0.29, 0.717) is 48.0 Å². The highest BCUT2D eigenvalue weighted by Gasteiger charge is 2.39. The molecular formula is C36H32Cl2F9N7O8. The van der Waals surface area contributed by atoms with Crippen molar-refractivity contribution >= 4 is 70.2 Å². The zero-order valence-electron chi connectivity index (χ0n) is 31.3. The maximum Gasteiger partial charge on any atom is 0.490 e. The summed E-state index contributed by atoms with van der Waals surface area (Å²) in [5.74, 6) is -6.02. The first-order valence-electron chi connectivity index (χ1n) is 17.4. The monoisotopic (exact) mass is 931 g/mol. The molecule has 0 unspecified atom stereocenters. The smallest absolute Gasteiger partial charge is 0.490 e. The van der Waals surface area contributed by atoms with Crippen molar-refractivity contribution in [3.8, 4) is 5.75 Å². The van der Waals surface area contributed by atoms with Gasteiger partial charge in [0, 0.05) is 31.2 Å². The first-order chi connectivity index (χ1) is 28.8. The number of hydrogen-bond donors (Lipinski definition) is 5. The SMILES string of the molecule is O=C(O)C(F)(F)F.O=C(O)C(F)(F)F.O=C(O)C(F)(F)F.O=C(c1cccnc1Cl)N1CCC(CCOc2ccc3cc2CCc2cncc(c2)Nc2ncc(Cl)c(n2)N3)CC1. The number of carboxylic acids is 3. The summed E-state index contributed by atoms with van der Waals surface area (Å²) < 4.78 is 102. The van der Waals surface area contributed by atoms with Crippen LogP contribution in [0.2, 0.25) is 10.2 Å². The Bertz CT molecular complexity index is 2130. The van der Waals surface area contributed by atoms with Crippen molar-refractivity contribution in [3.63, 3.8) is 0 Å². The molecule has 62 heavy (non-hydrogen) atoms. The van der Waals surface area contributed by atoms with Gasteiger partial charge in [-0.25, -0.2) is 24.4 Å². The molecule has 0 aliphatic carbocycles. The van der Waals surface area contributed by atoms with Gasteiger partial charge >= 0.3 is 36.4 Å². The predicted molar refractivity (Wildman–Crippen MR) is 201 cm³/mol. The molecule has 0 radical (unpaired) electrons. The van der Waals surface area contributed by atoms with Gasteiger partial charge in [0.15, 0.2) is 5.82 Å². The zero-order valence-corrected chi connectivity index (χ0v) is 32.8. The van der Waals surface area contributed by atoms with E-state index in [2.05, 4.69) is 42.7 Å². The van der Waals surface area contributed by atoms with E-state index in [9.17, 15) is 44.3 Å². The number of alkyl halides is 9. The first kappa shape index (κ1) is 50.2. The van der Waals surface area contributed by atoms with E-state index in [-0.39, 0.29) is 11.1 Å².